The molecule has 0 unspecified atom stereocenters. The Hall–Kier alpha value is -2.95. The van der Waals surface area contributed by atoms with Gasteiger partial charge < -0.3 is 19.7 Å². The molecule has 1 N–H and O–H groups in total. The largest absolute Gasteiger partial charge is 0.493 e. The number of carbonyl (C=O) groups excluding carboxylic acids is 1. The maximum atomic E-state index is 12.5. The first-order chi connectivity index (χ1) is 13.1. The van der Waals surface area contributed by atoms with E-state index >= 15 is 0 Å². The van der Waals surface area contributed by atoms with Gasteiger partial charge >= 0.3 is 0 Å². The van der Waals surface area contributed by atoms with Crippen molar-refractivity contribution in [3.05, 3.63) is 65.7 Å². The number of nitrogens with zero attached hydrogens (tertiary/aromatic N) is 1. The molecule has 0 saturated carbocycles. The summed E-state index contributed by atoms with van der Waals surface area (Å²) in [7, 11) is 3.68. The molecule has 0 bridgehead atoms. The van der Waals surface area contributed by atoms with Crippen molar-refractivity contribution < 1.29 is 14.3 Å². The molecule has 1 aliphatic rings. The Kier molecular flexibility index (Phi) is 6.01. The molecular weight excluding hydrogens is 340 g/mol. The summed E-state index contributed by atoms with van der Waals surface area (Å²) in [5.74, 6) is 0.979. The van der Waals surface area contributed by atoms with Crippen LogP contribution in [0, 0.1) is 0 Å². The van der Waals surface area contributed by atoms with E-state index in [1.807, 2.05) is 0 Å². The van der Waals surface area contributed by atoms with Crippen molar-refractivity contribution in [1.82, 2.24) is 5.32 Å². The number of benzene rings is 2. The minimum absolute atomic E-state index is 0.140. The maximum absolute atomic E-state index is 12.5. The molecule has 2 aromatic rings. The SMILES string of the molecule is C=CCOc1ccc(C(=O)NCc2ccc3c(c2)CCCN3C)cc1OC. The van der Waals surface area contributed by atoms with Crippen molar-refractivity contribution in [2.24, 2.45) is 0 Å². The van der Waals surface area contributed by atoms with E-state index in [1.54, 1.807) is 31.4 Å². The van der Waals surface area contributed by atoms with Gasteiger partial charge in [-0.2, -0.15) is 0 Å². The van der Waals surface area contributed by atoms with Crippen molar-refractivity contribution in [3.8, 4) is 11.5 Å². The lowest BCUT2D eigenvalue weighted by Crippen LogP contribution is -2.25. The van der Waals surface area contributed by atoms with Crippen molar-refractivity contribution >= 4 is 11.6 Å². The van der Waals surface area contributed by atoms with Crippen LogP contribution >= 0.6 is 0 Å². The number of fused-ring (bicyclic) bond motifs is 1. The molecule has 3 rings (SSSR count). The van der Waals surface area contributed by atoms with E-state index in [9.17, 15) is 4.79 Å². The van der Waals surface area contributed by atoms with E-state index in [-0.39, 0.29) is 5.91 Å². The number of rotatable bonds is 7. The van der Waals surface area contributed by atoms with Gasteiger partial charge in [0.15, 0.2) is 11.5 Å². The van der Waals surface area contributed by atoms with Crippen LogP contribution in [0.4, 0.5) is 5.69 Å². The van der Waals surface area contributed by atoms with Crippen LogP contribution in [0.1, 0.15) is 27.9 Å². The smallest absolute Gasteiger partial charge is 0.251 e. The molecule has 0 aliphatic carbocycles. The van der Waals surface area contributed by atoms with Gasteiger partial charge in [0, 0.05) is 31.4 Å². The molecule has 5 heteroatoms. The number of carbonyl (C=O) groups is 1. The van der Waals surface area contributed by atoms with Gasteiger partial charge in [-0.15, -0.1) is 0 Å². The molecule has 2 aromatic carbocycles. The Labute approximate surface area is 160 Å². The molecule has 0 saturated heterocycles. The molecule has 0 radical (unpaired) electrons. The van der Waals surface area contributed by atoms with Crippen molar-refractivity contribution in [2.45, 2.75) is 19.4 Å². The molecule has 1 aliphatic heterocycles. The summed E-state index contributed by atoms with van der Waals surface area (Å²) < 4.78 is 10.8. The van der Waals surface area contributed by atoms with E-state index in [1.165, 1.54) is 17.7 Å². The topological polar surface area (TPSA) is 50.8 Å². The van der Waals surface area contributed by atoms with Crippen LogP contribution in [0.2, 0.25) is 0 Å². The molecule has 0 atom stereocenters. The summed E-state index contributed by atoms with van der Waals surface area (Å²) >= 11 is 0. The van der Waals surface area contributed by atoms with Gasteiger partial charge in [-0.3, -0.25) is 4.79 Å². The Morgan fingerprint density at radius 1 is 1.26 bits per heavy atom. The quantitative estimate of drug-likeness (QED) is 0.761. The standard InChI is InChI=1S/C22H26N2O3/c1-4-12-27-20-10-8-18(14-21(20)26-3)22(25)23-15-16-7-9-19-17(13-16)6-5-11-24(19)2/h4,7-10,13-14H,1,5-6,11-12,15H2,2-3H3,(H,23,25). The van der Waals surface area contributed by atoms with Crippen LogP contribution < -0.4 is 19.7 Å². The second-order valence-electron chi connectivity index (χ2n) is 6.64. The van der Waals surface area contributed by atoms with Crippen molar-refractivity contribution in [1.29, 1.82) is 0 Å². The molecule has 0 spiro atoms. The van der Waals surface area contributed by atoms with Gasteiger partial charge in [0.1, 0.15) is 6.61 Å². The maximum Gasteiger partial charge on any atom is 0.251 e. The first-order valence-corrected chi connectivity index (χ1v) is 9.15. The van der Waals surface area contributed by atoms with E-state index in [2.05, 4.69) is 42.0 Å². The summed E-state index contributed by atoms with van der Waals surface area (Å²) in [5.41, 5.74) is 4.28. The Balaban J connectivity index is 1.66. The highest BCUT2D eigenvalue weighted by Crippen LogP contribution is 2.29. The van der Waals surface area contributed by atoms with Gasteiger partial charge in [-0.05, 0) is 48.2 Å². The fourth-order valence-corrected chi connectivity index (χ4v) is 3.31. The second-order valence-corrected chi connectivity index (χ2v) is 6.64. The fraction of sp³-hybridized carbons (Fsp3) is 0.318. The molecular formula is C22H26N2O3. The van der Waals surface area contributed by atoms with Crippen LogP contribution in [0.25, 0.3) is 0 Å². The average Bonchev–Trinajstić information content (AvgIpc) is 2.70. The van der Waals surface area contributed by atoms with Crippen LogP contribution in [-0.2, 0) is 13.0 Å². The van der Waals surface area contributed by atoms with Crippen LogP contribution in [0.15, 0.2) is 49.1 Å². The predicted octanol–water partition coefficient (Wildman–Crippen LogP) is 3.57. The van der Waals surface area contributed by atoms with Gasteiger partial charge in [0.05, 0.1) is 7.11 Å². The zero-order chi connectivity index (χ0) is 19.2. The van der Waals surface area contributed by atoms with Gasteiger partial charge in [0.25, 0.3) is 5.91 Å². The second kappa shape index (κ2) is 8.62. The molecule has 0 fully saturated rings. The molecule has 1 amide bonds. The number of nitrogens with one attached hydrogen (secondary N) is 1. The van der Waals surface area contributed by atoms with Crippen molar-refractivity contribution in [2.75, 3.05) is 32.2 Å². The minimum Gasteiger partial charge on any atom is -0.493 e. The monoisotopic (exact) mass is 366 g/mol. The van der Waals surface area contributed by atoms with Gasteiger partial charge in [0.2, 0.25) is 0 Å². The molecule has 1 heterocycles. The Morgan fingerprint density at radius 3 is 2.89 bits per heavy atom. The fourth-order valence-electron chi connectivity index (χ4n) is 3.31. The minimum atomic E-state index is -0.140. The van der Waals surface area contributed by atoms with E-state index < -0.39 is 0 Å². The lowest BCUT2D eigenvalue weighted by atomic mass is 9.99. The summed E-state index contributed by atoms with van der Waals surface area (Å²) in [4.78, 5) is 14.8. The lowest BCUT2D eigenvalue weighted by molar-refractivity contribution is 0.0950. The molecule has 0 aromatic heterocycles. The highest BCUT2D eigenvalue weighted by atomic mass is 16.5. The van der Waals surface area contributed by atoms with Crippen molar-refractivity contribution in [3.63, 3.8) is 0 Å². The number of hydrogen-bond donors (Lipinski definition) is 1. The zero-order valence-electron chi connectivity index (χ0n) is 16.0. The highest BCUT2D eigenvalue weighted by Gasteiger charge is 2.15. The van der Waals surface area contributed by atoms with E-state index in [0.717, 1.165) is 18.5 Å². The summed E-state index contributed by atoms with van der Waals surface area (Å²) in [6, 6.07) is 11.6. The van der Waals surface area contributed by atoms with E-state index in [0.29, 0.717) is 30.2 Å². The molecule has 142 valence electrons. The number of aryl methyl sites for hydroxylation is 1. The Morgan fingerprint density at radius 2 is 2.11 bits per heavy atom. The van der Waals surface area contributed by atoms with Gasteiger partial charge in [-0.1, -0.05) is 24.8 Å². The third-order valence-corrected chi connectivity index (χ3v) is 4.73. The first-order valence-electron chi connectivity index (χ1n) is 9.15. The summed E-state index contributed by atoms with van der Waals surface area (Å²) in [6.45, 7) is 5.60. The Bertz CT molecular complexity index is 832. The zero-order valence-corrected chi connectivity index (χ0v) is 16.0. The lowest BCUT2D eigenvalue weighted by Gasteiger charge is -2.27. The van der Waals surface area contributed by atoms with Crippen LogP contribution in [0.3, 0.4) is 0 Å². The summed E-state index contributed by atoms with van der Waals surface area (Å²) in [5, 5.41) is 2.98. The van der Waals surface area contributed by atoms with E-state index in [4.69, 9.17) is 9.47 Å². The normalized spacial score (nSPS) is 12.9. The average molecular weight is 366 g/mol. The molecule has 5 nitrogen and oxygen atoms in total. The predicted molar refractivity (Wildman–Crippen MR) is 108 cm³/mol. The number of ether oxygens (including phenoxy) is 2. The number of anilines is 1. The first kappa shape index (κ1) is 18.8. The summed E-state index contributed by atoms with van der Waals surface area (Å²) in [6.07, 6.45) is 3.92. The van der Waals surface area contributed by atoms with Gasteiger partial charge in [-0.25, -0.2) is 0 Å². The third-order valence-electron chi connectivity index (χ3n) is 4.73. The molecule has 27 heavy (non-hydrogen) atoms. The number of amides is 1. The van der Waals surface area contributed by atoms with Crippen LogP contribution in [0.5, 0.6) is 11.5 Å². The number of hydrogen-bond acceptors (Lipinski definition) is 4. The highest BCUT2D eigenvalue weighted by molar-refractivity contribution is 5.94. The number of methoxy groups -OCH3 is 1. The third kappa shape index (κ3) is 4.42. The van der Waals surface area contributed by atoms with Crippen LogP contribution in [-0.4, -0.2) is 33.2 Å².